The Bertz CT molecular complexity index is 412. The third kappa shape index (κ3) is 4.21. The molecular formula is C18H30N2O. The fraction of sp³-hybridized carbons (Fsp3) is 0.667. The molecule has 0 aliphatic heterocycles. The quantitative estimate of drug-likeness (QED) is 0.832. The van der Waals surface area contributed by atoms with Gasteiger partial charge in [-0.25, -0.2) is 0 Å². The van der Waals surface area contributed by atoms with E-state index >= 15 is 0 Å². The molecule has 0 bridgehead atoms. The van der Waals surface area contributed by atoms with E-state index in [0.29, 0.717) is 12.1 Å². The highest BCUT2D eigenvalue weighted by Crippen LogP contribution is 2.28. The van der Waals surface area contributed by atoms with E-state index in [1.807, 2.05) is 12.1 Å². The van der Waals surface area contributed by atoms with Gasteiger partial charge < -0.3 is 15.0 Å². The van der Waals surface area contributed by atoms with Crippen LogP contribution in [0.3, 0.4) is 0 Å². The molecule has 3 nitrogen and oxygen atoms in total. The molecule has 2 unspecified atom stereocenters. The first kappa shape index (κ1) is 16.3. The molecule has 1 aliphatic carbocycles. The zero-order valence-electron chi connectivity index (χ0n) is 13.9. The van der Waals surface area contributed by atoms with Gasteiger partial charge in [0.2, 0.25) is 0 Å². The van der Waals surface area contributed by atoms with Crippen LogP contribution in [-0.2, 0) is 0 Å². The third-order valence-corrected chi connectivity index (χ3v) is 4.98. The maximum atomic E-state index is 5.25. The molecule has 0 radical (unpaired) electrons. The SMILES string of the molecule is CNC(c1ccc(OC)cc1)C(C)N(C)CC1CCCC1. The number of hydrogen-bond donors (Lipinski definition) is 1. The van der Waals surface area contributed by atoms with Crippen molar-refractivity contribution in [2.75, 3.05) is 27.7 Å². The van der Waals surface area contributed by atoms with Crippen LogP contribution in [0.25, 0.3) is 0 Å². The van der Waals surface area contributed by atoms with Crippen LogP contribution in [0.1, 0.15) is 44.2 Å². The molecule has 0 heterocycles. The van der Waals surface area contributed by atoms with E-state index in [-0.39, 0.29) is 0 Å². The van der Waals surface area contributed by atoms with E-state index in [0.717, 1.165) is 11.7 Å². The summed E-state index contributed by atoms with van der Waals surface area (Å²) in [5.74, 6) is 1.81. The van der Waals surface area contributed by atoms with E-state index in [2.05, 4.69) is 43.4 Å². The van der Waals surface area contributed by atoms with Crippen molar-refractivity contribution in [3.8, 4) is 5.75 Å². The minimum atomic E-state index is 0.349. The number of hydrogen-bond acceptors (Lipinski definition) is 3. The summed E-state index contributed by atoms with van der Waals surface area (Å²) in [4.78, 5) is 2.52. The summed E-state index contributed by atoms with van der Waals surface area (Å²) in [6, 6.07) is 9.25. The van der Waals surface area contributed by atoms with Crippen molar-refractivity contribution in [3.05, 3.63) is 29.8 Å². The lowest BCUT2D eigenvalue weighted by Crippen LogP contribution is -2.41. The Balaban J connectivity index is 2.00. The van der Waals surface area contributed by atoms with E-state index in [1.165, 1.54) is 37.8 Å². The van der Waals surface area contributed by atoms with Crippen molar-refractivity contribution >= 4 is 0 Å². The van der Waals surface area contributed by atoms with Crippen LogP contribution in [0.4, 0.5) is 0 Å². The van der Waals surface area contributed by atoms with Gasteiger partial charge in [-0.05, 0) is 57.5 Å². The van der Waals surface area contributed by atoms with Gasteiger partial charge in [0, 0.05) is 18.6 Å². The van der Waals surface area contributed by atoms with Crippen LogP contribution >= 0.6 is 0 Å². The maximum absolute atomic E-state index is 5.25. The largest absolute Gasteiger partial charge is 0.497 e. The van der Waals surface area contributed by atoms with Crippen LogP contribution in [0.15, 0.2) is 24.3 Å². The highest BCUT2D eigenvalue weighted by molar-refractivity contribution is 5.29. The van der Waals surface area contributed by atoms with Crippen molar-refractivity contribution in [2.45, 2.75) is 44.7 Å². The first-order valence-electron chi connectivity index (χ1n) is 8.17. The van der Waals surface area contributed by atoms with E-state index < -0.39 is 0 Å². The number of methoxy groups -OCH3 is 1. The Labute approximate surface area is 129 Å². The number of ether oxygens (including phenoxy) is 1. The topological polar surface area (TPSA) is 24.5 Å². The van der Waals surface area contributed by atoms with Crippen molar-refractivity contribution in [3.63, 3.8) is 0 Å². The van der Waals surface area contributed by atoms with Crippen LogP contribution in [0.2, 0.25) is 0 Å². The van der Waals surface area contributed by atoms with Crippen LogP contribution < -0.4 is 10.1 Å². The molecule has 3 heteroatoms. The van der Waals surface area contributed by atoms with Gasteiger partial charge in [-0.15, -0.1) is 0 Å². The van der Waals surface area contributed by atoms with Gasteiger partial charge in [0.1, 0.15) is 5.75 Å². The molecule has 1 saturated carbocycles. The molecular weight excluding hydrogens is 260 g/mol. The lowest BCUT2D eigenvalue weighted by Gasteiger charge is -2.33. The minimum Gasteiger partial charge on any atom is -0.497 e. The maximum Gasteiger partial charge on any atom is 0.118 e. The van der Waals surface area contributed by atoms with Gasteiger partial charge in [0.05, 0.1) is 7.11 Å². The molecule has 2 atom stereocenters. The Kier molecular flexibility index (Phi) is 6.07. The predicted octanol–water partition coefficient (Wildman–Crippen LogP) is 3.47. The third-order valence-electron chi connectivity index (χ3n) is 4.98. The molecule has 1 aliphatic rings. The average Bonchev–Trinajstić information content (AvgIpc) is 3.01. The van der Waals surface area contributed by atoms with Crippen molar-refractivity contribution < 1.29 is 4.74 Å². The fourth-order valence-corrected chi connectivity index (χ4v) is 3.52. The fourth-order valence-electron chi connectivity index (χ4n) is 3.52. The smallest absolute Gasteiger partial charge is 0.118 e. The summed E-state index contributed by atoms with van der Waals surface area (Å²) >= 11 is 0. The second-order valence-electron chi connectivity index (χ2n) is 6.37. The summed E-state index contributed by atoms with van der Waals surface area (Å²) in [7, 11) is 6.02. The van der Waals surface area contributed by atoms with Crippen LogP contribution in [0, 0.1) is 5.92 Å². The minimum absolute atomic E-state index is 0.349. The second-order valence-corrected chi connectivity index (χ2v) is 6.37. The summed E-state index contributed by atoms with van der Waals surface area (Å²) in [6.07, 6.45) is 5.65. The highest BCUT2D eigenvalue weighted by Gasteiger charge is 2.24. The summed E-state index contributed by atoms with van der Waals surface area (Å²) in [5.41, 5.74) is 1.32. The summed E-state index contributed by atoms with van der Waals surface area (Å²) in [6.45, 7) is 3.54. The molecule has 21 heavy (non-hydrogen) atoms. The van der Waals surface area contributed by atoms with E-state index in [1.54, 1.807) is 7.11 Å². The number of likely N-dealkylation sites (N-methyl/N-ethyl adjacent to an activating group) is 2. The monoisotopic (exact) mass is 290 g/mol. The molecule has 1 fully saturated rings. The second kappa shape index (κ2) is 7.81. The van der Waals surface area contributed by atoms with Crippen LogP contribution in [-0.4, -0.2) is 38.7 Å². The molecule has 0 aromatic heterocycles. The first-order chi connectivity index (χ1) is 10.2. The lowest BCUT2D eigenvalue weighted by molar-refractivity contribution is 0.183. The average molecular weight is 290 g/mol. The van der Waals surface area contributed by atoms with E-state index in [9.17, 15) is 0 Å². The van der Waals surface area contributed by atoms with Gasteiger partial charge in [-0.2, -0.15) is 0 Å². The molecule has 0 saturated heterocycles. The zero-order chi connectivity index (χ0) is 15.2. The lowest BCUT2D eigenvalue weighted by atomic mass is 9.98. The van der Waals surface area contributed by atoms with Crippen molar-refractivity contribution in [1.29, 1.82) is 0 Å². The zero-order valence-corrected chi connectivity index (χ0v) is 13.9. The van der Waals surface area contributed by atoms with Gasteiger partial charge in [-0.3, -0.25) is 0 Å². The molecule has 0 amide bonds. The predicted molar refractivity (Wildman–Crippen MR) is 88.8 cm³/mol. The van der Waals surface area contributed by atoms with Gasteiger partial charge in [0.25, 0.3) is 0 Å². The van der Waals surface area contributed by atoms with Crippen LogP contribution in [0.5, 0.6) is 5.75 Å². The Morgan fingerprint density at radius 2 is 1.86 bits per heavy atom. The number of nitrogens with one attached hydrogen (secondary N) is 1. The molecule has 0 spiro atoms. The van der Waals surface area contributed by atoms with Crippen molar-refractivity contribution in [1.82, 2.24) is 10.2 Å². The summed E-state index contributed by atoms with van der Waals surface area (Å²) in [5, 5.41) is 3.48. The Hall–Kier alpha value is -1.06. The normalized spacial score (nSPS) is 18.9. The molecule has 1 aromatic rings. The standard InChI is InChI=1S/C18H30N2O/c1-14(20(3)13-15-7-5-6-8-15)18(19-2)16-9-11-17(21-4)12-10-16/h9-12,14-15,18-19H,5-8,13H2,1-4H3. The first-order valence-corrected chi connectivity index (χ1v) is 8.17. The van der Waals surface area contributed by atoms with E-state index in [4.69, 9.17) is 4.74 Å². The van der Waals surface area contributed by atoms with Gasteiger partial charge in [0.15, 0.2) is 0 Å². The van der Waals surface area contributed by atoms with Gasteiger partial charge >= 0.3 is 0 Å². The molecule has 1 aromatic carbocycles. The number of benzene rings is 1. The number of rotatable bonds is 7. The Morgan fingerprint density at radius 3 is 2.38 bits per heavy atom. The van der Waals surface area contributed by atoms with Crippen molar-refractivity contribution in [2.24, 2.45) is 5.92 Å². The highest BCUT2D eigenvalue weighted by atomic mass is 16.5. The molecule has 118 valence electrons. The molecule has 1 N–H and O–H groups in total. The van der Waals surface area contributed by atoms with Gasteiger partial charge in [-0.1, -0.05) is 25.0 Å². The number of nitrogens with zero attached hydrogens (tertiary/aromatic N) is 1. The summed E-state index contributed by atoms with van der Waals surface area (Å²) < 4.78 is 5.25. The molecule has 2 rings (SSSR count). The Morgan fingerprint density at radius 1 is 1.24 bits per heavy atom.